The van der Waals surface area contributed by atoms with E-state index in [1.54, 1.807) is 23.5 Å². The first-order chi connectivity index (χ1) is 13.4. The summed E-state index contributed by atoms with van der Waals surface area (Å²) in [5.41, 5.74) is 2.86. The second-order valence-corrected chi connectivity index (χ2v) is 9.42. The monoisotopic (exact) mass is 416 g/mol. The molecule has 1 unspecified atom stereocenters. The van der Waals surface area contributed by atoms with Crippen molar-refractivity contribution in [2.75, 3.05) is 6.54 Å². The SMILES string of the molecule is Cc1cc(C)n(C(CNS(=O)(=O)Cc2noc3ccccc23)c2cccs2)n1. The number of fused-ring (bicyclic) bond motifs is 1. The van der Waals surface area contributed by atoms with Crippen molar-refractivity contribution >= 4 is 32.3 Å². The van der Waals surface area contributed by atoms with E-state index in [4.69, 9.17) is 4.52 Å². The smallest absolute Gasteiger partial charge is 0.217 e. The Bertz CT molecular complexity index is 1190. The lowest BCUT2D eigenvalue weighted by molar-refractivity contribution is 0.448. The van der Waals surface area contributed by atoms with Gasteiger partial charge in [0.1, 0.15) is 11.4 Å². The molecule has 4 aromatic rings. The maximum absolute atomic E-state index is 12.7. The van der Waals surface area contributed by atoms with Crippen LogP contribution in [0, 0.1) is 13.8 Å². The fraction of sp³-hybridized carbons (Fsp3) is 0.263. The van der Waals surface area contributed by atoms with Crippen LogP contribution in [0.15, 0.2) is 52.4 Å². The molecule has 0 radical (unpaired) electrons. The van der Waals surface area contributed by atoms with Gasteiger partial charge in [0.15, 0.2) is 5.58 Å². The van der Waals surface area contributed by atoms with Crippen molar-refractivity contribution in [2.24, 2.45) is 0 Å². The largest absolute Gasteiger partial charge is 0.356 e. The van der Waals surface area contributed by atoms with Crippen LogP contribution in [-0.2, 0) is 15.8 Å². The lowest BCUT2D eigenvalue weighted by Crippen LogP contribution is -2.32. The summed E-state index contributed by atoms with van der Waals surface area (Å²) in [4.78, 5) is 1.04. The molecule has 0 bridgehead atoms. The first-order valence-corrected chi connectivity index (χ1v) is 11.3. The first kappa shape index (κ1) is 18.9. The van der Waals surface area contributed by atoms with Gasteiger partial charge in [0, 0.05) is 22.5 Å². The van der Waals surface area contributed by atoms with E-state index >= 15 is 0 Å². The van der Waals surface area contributed by atoms with E-state index in [0.717, 1.165) is 16.3 Å². The zero-order valence-electron chi connectivity index (χ0n) is 15.5. The third-order valence-corrected chi connectivity index (χ3v) is 6.72. The number of sulfonamides is 1. The Morgan fingerprint density at radius 1 is 1.21 bits per heavy atom. The summed E-state index contributed by atoms with van der Waals surface area (Å²) in [7, 11) is -3.61. The Kier molecular flexibility index (Phi) is 5.05. The fourth-order valence-corrected chi connectivity index (χ4v) is 5.12. The highest BCUT2D eigenvalue weighted by atomic mass is 32.2. The number of nitrogens with one attached hydrogen (secondary N) is 1. The highest BCUT2D eigenvalue weighted by molar-refractivity contribution is 7.88. The number of thiophene rings is 1. The van der Waals surface area contributed by atoms with E-state index in [1.807, 2.05) is 54.2 Å². The maximum atomic E-state index is 12.7. The molecule has 1 atom stereocenters. The summed E-state index contributed by atoms with van der Waals surface area (Å²) in [6.45, 7) is 4.10. The van der Waals surface area contributed by atoms with Crippen LogP contribution >= 0.6 is 11.3 Å². The number of rotatable bonds is 7. The van der Waals surface area contributed by atoms with Crippen LogP contribution in [0.3, 0.4) is 0 Å². The number of benzene rings is 1. The Labute approximate surface area is 167 Å². The predicted molar refractivity (Wildman–Crippen MR) is 109 cm³/mol. The van der Waals surface area contributed by atoms with Crippen molar-refractivity contribution < 1.29 is 12.9 Å². The van der Waals surface area contributed by atoms with E-state index in [1.165, 1.54) is 0 Å². The third-order valence-electron chi connectivity index (χ3n) is 4.49. The van der Waals surface area contributed by atoms with Crippen LogP contribution in [0.2, 0.25) is 0 Å². The summed E-state index contributed by atoms with van der Waals surface area (Å²) in [5.74, 6) is -0.238. The molecule has 0 aliphatic carbocycles. The van der Waals surface area contributed by atoms with Gasteiger partial charge in [0.05, 0.1) is 11.7 Å². The van der Waals surface area contributed by atoms with E-state index in [0.29, 0.717) is 16.7 Å². The number of aromatic nitrogens is 3. The van der Waals surface area contributed by atoms with Crippen LogP contribution in [0.4, 0.5) is 0 Å². The minimum atomic E-state index is -3.61. The number of aryl methyl sites for hydroxylation is 2. The topological polar surface area (TPSA) is 90.0 Å². The van der Waals surface area contributed by atoms with Crippen molar-refractivity contribution in [3.63, 3.8) is 0 Å². The van der Waals surface area contributed by atoms with E-state index in [-0.39, 0.29) is 18.3 Å². The summed E-state index contributed by atoms with van der Waals surface area (Å²) >= 11 is 1.58. The average molecular weight is 417 g/mol. The van der Waals surface area contributed by atoms with Gasteiger partial charge < -0.3 is 4.52 Å². The van der Waals surface area contributed by atoms with Gasteiger partial charge in [-0.1, -0.05) is 23.4 Å². The van der Waals surface area contributed by atoms with Crippen LogP contribution < -0.4 is 4.72 Å². The van der Waals surface area contributed by atoms with Gasteiger partial charge in [-0.2, -0.15) is 5.10 Å². The highest BCUT2D eigenvalue weighted by Crippen LogP contribution is 2.25. The molecule has 0 saturated carbocycles. The number of hydrogen-bond donors (Lipinski definition) is 1. The quantitative estimate of drug-likeness (QED) is 0.499. The molecule has 0 aliphatic heterocycles. The lowest BCUT2D eigenvalue weighted by atomic mass is 10.2. The van der Waals surface area contributed by atoms with E-state index in [2.05, 4.69) is 15.0 Å². The number of para-hydroxylation sites is 1. The molecule has 7 nitrogen and oxygen atoms in total. The van der Waals surface area contributed by atoms with E-state index < -0.39 is 10.0 Å². The normalized spacial score (nSPS) is 13.2. The molecule has 0 fully saturated rings. The van der Waals surface area contributed by atoms with Crippen molar-refractivity contribution in [1.82, 2.24) is 19.7 Å². The molecule has 4 rings (SSSR count). The molecule has 3 heterocycles. The minimum Gasteiger partial charge on any atom is -0.356 e. The van der Waals surface area contributed by atoms with Gasteiger partial charge in [0.2, 0.25) is 10.0 Å². The first-order valence-electron chi connectivity index (χ1n) is 8.80. The minimum absolute atomic E-state index is 0.209. The zero-order chi connectivity index (χ0) is 19.7. The highest BCUT2D eigenvalue weighted by Gasteiger charge is 2.23. The van der Waals surface area contributed by atoms with Crippen molar-refractivity contribution in [1.29, 1.82) is 0 Å². The molecule has 0 spiro atoms. The molecule has 0 amide bonds. The van der Waals surface area contributed by atoms with Crippen LogP contribution in [0.5, 0.6) is 0 Å². The lowest BCUT2D eigenvalue weighted by Gasteiger charge is -2.18. The molecule has 0 saturated heterocycles. The summed E-state index contributed by atoms with van der Waals surface area (Å²) in [5, 5.41) is 11.2. The number of hydrogen-bond acceptors (Lipinski definition) is 6. The van der Waals surface area contributed by atoms with Gasteiger partial charge in [0.25, 0.3) is 0 Å². The predicted octanol–water partition coefficient (Wildman–Crippen LogP) is 3.41. The molecule has 28 heavy (non-hydrogen) atoms. The van der Waals surface area contributed by atoms with Gasteiger partial charge in [-0.3, -0.25) is 4.68 Å². The van der Waals surface area contributed by atoms with Gasteiger partial charge >= 0.3 is 0 Å². The Balaban J connectivity index is 1.55. The third kappa shape index (κ3) is 3.87. The van der Waals surface area contributed by atoms with E-state index in [9.17, 15) is 8.42 Å². The standard InChI is InChI=1S/C19H20N4O3S2/c1-13-10-14(2)23(21-13)17(19-8-5-9-27-19)11-20-28(24,25)12-16-15-6-3-4-7-18(15)26-22-16/h3-10,17,20H,11-12H2,1-2H3. The number of nitrogens with zero attached hydrogens (tertiary/aromatic N) is 3. The fourth-order valence-electron chi connectivity index (χ4n) is 3.23. The van der Waals surface area contributed by atoms with Crippen molar-refractivity contribution in [2.45, 2.75) is 25.6 Å². The second kappa shape index (κ2) is 7.50. The molecule has 9 heteroatoms. The molecule has 1 aromatic carbocycles. The van der Waals surface area contributed by atoms with Gasteiger partial charge in [-0.25, -0.2) is 13.1 Å². The Morgan fingerprint density at radius 2 is 2.04 bits per heavy atom. The summed E-state index contributed by atoms with van der Waals surface area (Å²) in [6.07, 6.45) is 0. The van der Waals surface area contributed by atoms with Gasteiger partial charge in [-0.05, 0) is 43.5 Å². The van der Waals surface area contributed by atoms with Crippen molar-refractivity contribution in [3.8, 4) is 0 Å². The molecule has 3 aromatic heterocycles. The van der Waals surface area contributed by atoms with Crippen LogP contribution in [0.1, 0.15) is 28.0 Å². The molecule has 0 aliphatic rings. The van der Waals surface area contributed by atoms with Crippen LogP contribution in [0.25, 0.3) is 11.0 Å². The van der Waals surface area contributed by atoms with Crippen molar-refractivity contribution in [3.05, 3.63) is 69.8 Å². The average Bonchev–Trinajstić information content (AvgIpc) is 3.37. The van der Waals surface area contributed by atoms with Gasteiger partial charge in [-0.15, -0.1) is 11.3 Å². The summed E-state index contributed by atoms with van der Waals surface area (Å²) in [6, 6.07) is 12.9. The Morgan fingerprint density at radius 3 is 2.75 bits per heavy atom. The molecule has 146 valence electrons. The molecule has 1 N–H and O–H groups in total. The van der Waals surface area contributed by atoms with Crippen LogP contribution in [-0.4, -0.2) is 29.9 Å². The second-order valence-electron chi connectivity index (χ2n) is 6.64. The molecular weight excluding hydrogens is 396 g/mol. The Hall–Kier alpha value is -2.49. The molecular formula is C19H20N4O3S2. The maximum Gasteiger partial charge on any atom is 0.217 e. The zero-order valence-corrected chi connectivity index (χ0v) is 17.1. The summed E-state index contributed by atoms with van der Waals surface area (Å²) < 4.78 is 35.2.